The van der Waals surface area contributed by atoms with Gasteiger partial charge in [-0.05, 0) is 23.3 Å². The number of benzene rings is 2. The maximum Gasteiger partial charge on any atom is 0.307 e. The standard InChI is InChI=1S/C17H15NO3/c18-11-15(14-6-8-16(19)9-7-14)10-17(20)21-12-13-4-2-1-3-5-13/h1-9,15,19H,10,12H2. The van der Waals surface area contributed by atoms with Crippen LogP contribution in [0.2, 0.25) is 0 Å². The van der Waals surface area contributed by atoms with Gasteiger partial charge in [-0.2, -0.15) is 5.26 Å². The van der Waals surface area contributed by atoms with Crippen molar-refractivity contribution in [3.8, 4) is 11.8 Å². The van der Waals surface area contributed by atoms with E-state index in [9.17, 15) is 9.90 Å². The lowest BCUT2D eigenvalue weighted by atomic mass is 9.97. The number of phenolic OH excluding ortho intramolecular Hbond substituents is 1. The Bertz CT molecular complexity index is 629. The Kier molecular flexibility index (Phi) is 4.94. The van der Waals surface area contributed by atoms with Gasteiger partial charge in [-0.1, -0.05) is 42.5 Å². The number of aromatic hydroxyl groups is 1. The third-order valence-electron chi connectivity index (χ3n) is 3.06. The second-order valence-corrected chi connectivity index (χ2v) is 4.62. The number of carbonyl (C=O) groups excluding carboxylic acids is 1. The first-order valence-electron chi connectivity index (χ1n) is 6.57. The summed E-state index contributed by atoms with van der Waals surface area (Å²) in [5.74, 6) is -0.866. The fourth-order valence-electron chi connectivity index (χ4n) is 1.91. The van der Waals surface area contributed by atoms with Gasteiger partial charge >= 0.3 is 5.97 Å². The largest absolute Gasteiger partial charge is 0.508 e. The topological polar surface area (TPSA) is 70.3 Å². The van der Waals surface area contributed by atoms with Crippen LogP contribution in [0.3, 0.4) is 0 Å². The molecule has 0 bridgehead atoms. The molecule has 0 aromatic heterocycles. The van der Waals surface area contributed by atoms with Gasteiger partial charge in [0.15, 0.2) is 0 Å². The highest BCUT2D eigenvalue weighted by atomic mass is 16.5. The van der Waals surface area contributed by atoms with Gasteiger partial charge in [-0.25, -0.2) is 0 Å². The number of hydrogen-bond acceptors (Lipinski definition) is 4. The molecule has 0 radical (unpaired) electrons. The van der Waals surface area contributed by atoms with E-state index in [1.807, 2.05) is 30.3 Å². The second kappa shape index (κ2) is 7.11. The summed E-state index contributed by atoms with van der Waals surface area (Å²) in [7, 11) is 0. The van der Waals surface area contributed by atoms with Crippen LogP contribution in [0.15, 0.2) is 54.6 Å². The van der Waals surface area contributed by atoms with Crippen LogP contribution >= 0.6 is 0 Å². The summed E-state index contributed by atoms with van der Waals surface area (Å²) in [6, 6.07) is 17.7. The lowest BCUT2D eigenvalue weighted by Crippen LogP contribution is -2.09. The predicted octanol–water partition coefficient (Wildman–Crippen LogP) is 3.13. The number of nitrogens with zero attached hydrogens (tertiary/aromatic N) is 1. The highest BCUT2D eigenvalue weighted by Crippen LogP contribution is 2.22. The molecule has 106 valence electrons. The van der Waals surface area contributed by atoms with Gasteiger partial charge in [0.25, 0.3) is 0 Å². The average Bonchev–Trinajstić information content (AvgIpc) is 2.52. The van der Waals surface area contributed by atoms with Crippen LogP contribution in [0.5, 0.6) is 5.75 Å². The number of phenols is 1. The number of nitriles is 1. The summed E-state index contributed by atoms with van der Waals surface area (Å²) in [6.07, 6.45) is -0.00584. The van der Waals surface area contributed by atoms with E-state index in [1.54, 1.807) is 12.1 Å². The Balaban J connectivity index is 1.91. The van der Waals surface area contributed by atoms with Crippen molar-refractivity contribution in [1.29, 1.82) is 5.26 Å². The fourth-order valence-corrected chi connectivity index (χ4v) is 1.91. The summed E-state index contributed by atoms with van der Waals surface area (Å²) in [6.45, 7) is 0.202. The second-order valence-electron chi connectivity index (χ2n) is 4.62. The number of carbonyl (C=O) groups is 1. The first-order chi connectivity index (χ1) is 10.2. The zero-order valence-corrected chi connectivity index (χ0v) is 11.4. The van der Waals surface area contributed by atoms with E-state index in [4.69, 9.17) is 10.00 Å². The van der Waals surface area contributed by atoms with Gasteiger partial charge in [-0.3, -0.25) is 4.79 Å². The first kappa shape index (κ1) is 14.6. The van der Waals surface area contributed by atoms with Crippen molar-refractivity contribution in [2.24, 2.45) is 0 Å². The molecule has 2 aromatic carbocycles. The summed E-state index contributed by atoms with van der Waals surface area (Å²) in [5.41, 5.74) is 1.59. The SMILES string of the molecule is N#CC(CC(=O)OCc1ccccc1)c1ccc(O)cc1. The molecular weight excluding hydrogens is 266 g/mol. The minimum Gasteiger partial charge on any atom is -0.508 e. The van der Waals surface area contributed by atoms with Gasteiger partial charge in [0.05, 0.1) is 18.4 Å². The number of rotatable bonds is 5. The van der Waals surface area contributed by atoms with Crippen LogP contribution in [-0.4, -0.2) is 11.1 Å². The van der Waals surface area contributed by atoms with Crippen LogP contribution in [-0.2, 0) is 16.1 Å². The Morgan fingerprint density at radius 3 is 2.43 bits per heavy atom. The summed E-state index contributed by atoms with van der Waals surface area (Å²) in [4.78, 5) is 11.8. The van der Waals surface area contributed by atoms with E-state index in [0.717, 1.165) is 5.56 Å². The van der Waals surface area contributed by atoms with Crippen molar-refractivity contribution in [1.82, 2.24) is 0 Å². The molecule has 0 amide bonds. The zero-order chi connectivity index (χ0) is 15.1. The van der Waals surface area contributed by atoms with Gasteiger partial charge in [-0.15, -0.1) is 0 Å². The quantitative estimate of drug-likeness (QED) is 0.855. The highest BCUT2D eigenvalue weighted by molar-refractivity contribution is 5.71. The summed E-state index contributed by atoms with van der Waals surface area (Å²) >= 11 is 0. The van der Waals surface area contributed by atoms with Crippen molar-refractivity contribution >= 4 is 5.97 Å². The highest BCUT2D eigenvalue weighted by Gasteiger charge is 2.16. The molecule has 4 heteroatoms. The zero-order valence-electron chi connectivity index (χ0n) is 11.4. The normalized spacial score (nSPS) is 11.4. The number of esters is 1. The van der Waals surface area contributed by atoms with E-state index in [-0.39, 0.29) is 18.8 Å². The van der Waals surface area contributed by atoms with E-state index >= 15 is 0 Å². The smallest absolute Gasteiger partial charge is 0.307 e. The molecule has 0 heterocycles. The molecule has 2 aromatic rings. The van der Waals surface area contributed by atoms with Crippen molar-refractivity contribution in [2.45, 2.75) is 18.9 Å². The van der Waals surface area contributed by atoms with E-state index < -0.39 is 11.9 Å². The third-order valence-corrected chi connectivity index (χ3v) is 3.06. The molecule has 21 heavy (non-hydrogen) atoms. The molecule has 0 saturated carbocycles. The predicted molar refractivity (Wildman–Crippen MR) is 77.3 cm³/mol. The Hall–Kier alpha value is -2.80. The number of ether oxygens (including phenoxy) is 1. The molecule has 2 rings (SSSR count). The molecule has 0 aliphatic heterocycles. The van der Waals surface area contributed by atoms with Gasteiger partial charge in [0, 0.05) is 0 Å². The molecule has 4 nitrogen and oxygen atoms in total. The van der Waals surface area contributed by atoms with Crippen LogP contribution in [0.4, 0.5) is 0 Å². The van der Waals surface area contributed by atoms with Crippen LogP contribution < -0.4 is 0 Å². The van der Waals surface area contributed by atoms with Crippen LogP contribution in [0.1, 0.15) is 23.5 Å². The van der Waals surface area contributed by atoms with Gasteiger partial charge in [0.2, 0.25) is 0 Å². The van der Waals surface area contributed by atoms with E-state index in [1.165, 1.54) is 12.1 Å². The maximum absolute atomic E-state index is 11.8. The summed E-state index contributed by atoms with van der Waals surface area (Å²) < 4.78 is 5.17. The monoisotopic (exact) mass is 281 g/mol. The Labute approximate surface area is 123 Å². The molecule has 1 N–H and O–H groups in total. The molecular formula is C17H15NO3. The Morgan fingerprint density at radius 1 is 1.14 bits per heavy atom. The Morgan fingerprint density at radius 2 is 1.81 bits per heavy atom. The average molecular weight is 281 g/mol. The van der Waals surface area contributed by atoms with Gasteiger partial charge < -0.3 is 9.84 Å². The third kappa shape index (κ3) is 4.36. The van der Waals surface area contributed by atoms with Crippen molar-refractivity contribution in [2.75, 3.05) is 0 Å². The molecule has 1 atom stereocenters. The fraction of sp³-hybridized carbons (Fsp3) is 0.176. The van der Waals surface area contributed by atoms with E-state index in [2.05, 4.69) is 6.07 Å². The first-order valence-corrected chi connectivity index (χ1v) is 6.57. The van der Waals surface area contributed by atoms with Gasteiger partial charge in [0.1, 0.15) is 12.4 Å². The molecule has 0 saturated heterocycles. The van der Waals surface area contributed by atoms with Crippen molar-refractivity contribution < 1.29 is 14.6 Å². The van der Waals surface area contributed by atoms with E-state index in [0.29, 0.717) is 5.56 Å². The summed E-state index contributed by atoms with van der Waals surface area (Å²) in [5, 5.41) is 18.4. The minimum atomic E-state index is -0.575. The maximum atomic E-state index is 11.8. The number of hydrogen-bond donors (Lipinski definition) is 1. The van der Waals surface area contributed by atoms with Crippen LogP contribution in [0, 0.1) is 11.3 Å². The molecule has 0 fully saturated rings. The lowest BCUT2D eigenvalue weighted by molar-refractivity contribution is -0.145. The molecule has 0 spiro atoms. The lowest BCUT2D eigenvalue weighted by Gasteiger charge is -2.10. The molecule has 1 unspecified atom stereocenters. The van der Waals surface area contributed by atoms with Crippen molar-refractivity contribution in [3.05, 3.63) is 65.7 Å². The van der Waals surface area contributed by atoms with Crippen molar-refractivity contribution in [3.63, 3.8) is 0 Å². The molecule has 0 aliphatic carbocycles. The van der Waals surface area contributed by atoms with Crippen LogP contribution in [0.25, 0.3) is 0 Å². The minimum absolute atomic E-state index is 0.00584. The molecule has 0 aliphatic rings.